The zero-order valence-corrected chi connectivity index (χ0v) is 18.0. The summed E-state index contributed by atoms with van der Waals surface area (Å²) in [6, 6.07) is 7.97. The summed E-state index contributed by atoms with van der Waals surface area (Å²) in [4.78, 5) is 26.6. The number of carbonyl (C=O) groups excluding carboxylic acids is 1. The molecule has 0 radical (unpaired) electrons. The number of benzene rings is 1. The molecule has 3 heterocycles. The van der Waals surface area contributed by atoms with Crippen molar-refractivity contribution >= 4 is 17.4 Å². The number of aromatic nitrogens is 3. The van der Waals surface area contributed by atoms with Gasteiger partial charge in [-0.2, -0.15) is 0 Å². The van der Waals surface area contributed by atoms with E-state index < -0.39 is 0 Å². The molecule has 1 saturated carbocycles. The topological polar surface area (TPSA) is 63.0 Å². The Morgan fingerprint density at radius 1 is 1.06 bits per heavy atom. The number of anilines is 1. The van der Waals surface area contributed by atoms with Crippen molar-refractivity contribution in [2.75, 3.05) is 38.2 Å². The highest BCUT2D eigenvalue weighted by atomic mass is 16.5. The number of rotatable bonds is 4. The van der Waals surface area contributed by atoms with Crippen LogP contribution in [-0.4, -0.2) is 58.5 Å². The Morgan fingerprint density at radius 3 is 2.65 bits per heavy atom. The Balaban J connectivity index is 1.35. The summed E-state index contributed by atoms with van der Waals surface area (Å²) in [7, 11) is 1.67. The molecule has 2 aliphatic rings. The van der Waals surface area contributed by atoms with E-state index in [0.29, 0.717) is 5.91 Å². The van der Waals surface area contributed by atoms with Gasteiger partial charge in [0.25, 0.3) is 0 Å². The van der Waals surface area contributed by atoms with Crippen molar-refractivity contribution in [1.82, 2.24) is 19.3 Å². The van der Waals surface area contributed by atoms with E-state index in [1.165, 1.54) is 19.3 Å². The fraction of sp³-hybridized carbons (Fsp3) is 0.458. The molecule has 1 saturated heterocycles. The quantitative estimate of drug-likeness (QED) is 0.646. The molecule has 2 aromatic heterocycles. The molecule has 3 aromatic rings. The van der Waals surface area contributed by atoms with E-state index in [4.69, 9.17) is 9.72 Å². The molecule has 31 heavy (non-hydrogen) atoms. The number of amides is 1. The van der Waals surface area contributed by atoms with Gasteiger partial charge >= 0.3 is 0 Å². The third-order valence-electron chi connectivity index (χ3n) is 6.62. The van der Waals surface area contributed by atoms with Gasteiger partial charge in [0.1, 0.15) is 5.75 Å². The van der Waals surface area contributed by atoms with Crippen LogP contribution in [0.1, 0.15) is 32.1 Å². The minimum absolute atomic E-state index is 0.236. The van der Waals surface area contributed by atoms with Gasteiger partial charge in [0.15, 0.2) is 11.5 Å². The smallest absolute Gasteiger partial charge is 0.225 e. The number of methoxy groups -OCH3 is 1. The van der Waals surface area contributed by atoms with Gasteiger partial charge in [-0.1, -0.05) is 31.4 Å². The SMILES string of the molecule is COc1cccc(-c2cnc(N3CCN(C(=O)C4CCCCC4)CC3)c3nccn23)c1. The molecule has 1 amide bonds. The van der Waals surface area contributed by atoms with Gasteiger partial charge in [0.2, 0.25) is 5.91 Å². The molecule has 0 spiro atoms. The predicted octanol–water partition coefficient (Wildman–Crippen LogP) is 3.63. The molecular weight excluding hydrogens is 390 g/mol. The van der Waals surface area contributed by atoms with Gasteiger partial charge in [-0.3, -0.25) is 9.20 Å². The molecule has 162 valence electrons. The molecule has 2 fully saturated rings. The predicted molar refractivity (Wildman–Crippen MR) is 120 cm³/mol. The molecule has 0 unspecified atom stereocenters. The molecule has 7 nitrogen and oxygen atoms in total. The molecule has 5 rings (SSSR count). The van der Waals surface area contributed by atoms with E-state index in [1.807, 2.05) is 42.9 Å². The van der Waals surface area contributed by atoms with Crippen molar-refractivity contribution in [2.24, 2.45) is 5.92 Å². The summed E-state index contributed by atoms with van der Waals surface area (Å²) in [5, 5.41) is 0. The number of ether oxygens (including phenoxy) is 1. The van der Waals surface area contributed by atoms with Crippen molar-refractivity contribution in [3.05, 3.63) is 42.9 Å². The van der Waals surface area contributed by atoms with E-state index in [9.17, 15) is 4.79 Å². The van der Waals surface area contributed by atoms with Gasteiger partial charge in [-0.25, -0.2) is 9.97 Å². The highest BCUT2D eigenvalue weighted by molar-refractivity contribution is 5.79. The monoisotopic (exact) mass is 419 g/mol. The van der Waals surface area contributed by atoms with E-state index in [0.717, 1.165) is 67.5 Å². The third-order valence-corrected chi connectivity index (χ3v) is 6.62. The molecular formula is C24H29N5O2. The lowest BCUT2D eigenvalue weighted by atomic mass is 9.88. The first-order valence-electron chi connectivity index (χ1n) is 11.2. The fourth-order valence-electron chi connectivity index (χ4n) is 4.87. The molecule has 1 aliphatic carbocycles. The van der Waals surface area contributed by atoms with Crippen LogP contribution in [0.3, 0.4) is 0 Å². The van der Waals surface area contributed by atoms with Crippen molar-refractivity contribution < 1.29 is 9.53 Å². The standard InChI is InChI=1S/C24H29N5O2/c1-31-20-9-5-8-19(16-20)21-17-26-22(23-25-10-11-29(21)23)27-12-14-28(15-13-27)24(30)18-6-3-2-4-7-18/h5,8-11,16-18H,2-4,6-7,12-15H2,1H3. The van der Waals surface area contributed by atoms with Crippen LogP contribution in [0.25, 0.3) is 16.9 Å². The minimum atomic E-state index is 0.236. The van der Waals surface area contributed by atoms with Gasteiger partial charge in [-0.05, 0) is 25.0 Å². The van der Waals surface area contributed by atoms with Crippen LogP contribution in [-0.2, 0) is 4.79 Å². The number of hydrogen-bond donors (Lipinski definition) is 0. The summed E-state index contributed by atoms with van der Waals surface area (Å²) < 4.78 is 7.46. The average molecular weight is 420 g/mol. The molecule has 0 bridgehead atoms. The number of piperazine rings is 1. The van der Waals surface area contributed by atoms with Crippen molar-refractivity contribution in [2.45, 2.75) is 32.1 Å². The normalized spacial score (nSPS) is 17.8. The van der Waals surface area contributed by atoms with Crippen LogP contribution in [0.5, 0.6) is 5.75 Å². The second-order valence-electron chi connectivity index (χ2n) is 8.47. The minimum Gasteiger partial charge on any atom is -0.497 e. The lowest BCUT2D eigenvalue weighted by Gasteiger charge is -2.37. The maximum atomic E-state index is 12.9. The van der Waals surface area contributed by atoms with E-state index >= 15 is 0 Å². The average Bonchev–Trinajstić information content (AvgIpc) is 3.34. The summed E-state index contributed by atoms with van der Waals surface area (Å²) in [5.41, 5.74) is 2.85. The Kier molecular flexibility index (Phi) is 5.49. The van der Waals surface area contributed by atoms with Crippen molar-refractivity contribution in [1.29, 1.82) is 0 Å². The first kappa shape index (κ1) is 19.8. The summed E-state index contributed by atoms with van der Waals surface area (Å²) in [5.74, 6) is 2.28. The number of fused-ring (bicyclic) bond motifs is 1. The van der Waals surface area contributed by atoms with E-state index in [2.05, 4.69) is 19.2 Å². The van der Waals surface area contributed by atoms with Gasteiger partial charge in [-0.15, -0.1) is 0 Å². The Bertz CT molecular complexity index is 1060. The van der Waals surface area contributed by atoms with E-state index in [1.54, 1.807) is 7.11 Å². The zero-order valence-electron chi connectivity index (χ0n) is 18.0. The number of imidazole rings is 1. The Labute approximate surface area is 182 Å². The molecule has 0 N–H and O–H groups in total. The summed E-state index contributed by atoms with van der Waals surface area (Å²) in [6.45, 7) is 3.07. The first-order valence-corrected chi connectivity index (χ1v) is 11.2. The largest absolute Gasteiger partial charge is 0.497 e. The molecule has 7 heteroatoms. The lowest BCUT2D eigenvalue weighted by Crippen LogP contribution is -2.51. The second-order valence-corrected chi connectivity index (χ2v) is 8.47. The number of hydrogen-bond acceptors (Lipinski definition) is 5. The Morgan fingerprint density at radius 2 is 1.87 bits per heavy atom. The van der Waals surface area contributed by atoms with Crippen LogP contribution in [0, 0.1) is 5.92 Å². The van der Waals surface area contributed by atoms with Crippen LogP contribution >= 0.6 is 0 Å². The van der Waals surface area contributed by atoms with Crippen molar-refractivity contribution in [3.63, 3.8) is 0 Å². The second kappa shape index (κ2) is 8.57. The highest BCUT2D eigenvalue weighted by Gasteiger charge is 2.29. The van der Waals surface area contributed by atoms with Crippen LogP contribution in [0.15, 0.2) is 42.9 Å². The molecule has 0 atom stereocenters. The van der Waals surface area contributed by atoms with Gasteiger partial charge < -0.3 is 14.5 Å². The number of carbonyl (C=O) groups is 1. The van der Waals surface area contributed by atoms with E-state index in [-0.39, 0.29) is 5.92 Å². The third kappa shape index (κ3) is 3.84. The van der Waals surface area contributed by atoms with Crippen LogP contribution < -0.4 is 9.64 Å². The van der Waals surface area contributed by atoms with Crippen LogP contribution in [0.4, 0.5) is 5.82 Å². The van der Waals surface area contributed by atoms with Gasteiger partial charge in [0.05, 0.1) is 19.0 Å². The summed E-state index contributed by atoms with van der Waals surface area (Å²) >= 11 is 0. The molecule has 1 aromatic carbocycles. The maximum absolute atomic E-state index is 12.9. The first-order chi connectivity index (χ1) is 15.2. The highest BCUT2D eigenvalue weighted by Crippen LogP contribution is 2.29. The number of nitrogens with zero attached hydrogens (tertiary/aromatic N) is 5. The van der Waals surface area contributed by atoms with Crippen LogP contribution in [0.2, 0.25) is 0 Å². The summed E-state index contributed by atoms with van der Waals surface area (Å²) in [6.07, 6.45) is 11.5. The zero-order chi connectivity index (χ0) is 21.2. The molecule has 1 aliphatic heterocycles. The lowest BCUT2D eigenvalue weighted by molar-refractivity contribution is -0.136. The fourth-order valence-corrected chi connectivity index (χ4v) is 4.87. The van der Waals surface area contributed by atoms with Crippen molar-refractivity contribution in [3.8, 4) is 17.0 Å². The maximum Gasteiger partial charge on any atom is 0.225 e. The Hall–Kier alpha value is -3.09. The van der Waals surface area contributed by atoms with Gasteiger partial charge in [0, 0.05) is 50.1 Å².